The average Bonchev–Trinajstić information content (AvgIpc) is 4.22. The van der Waals surface area contributed by atoms with Crippen LogP contribution in [0, 0.1) is 83.1 Å². The van der Waals surface area contributed by atoms with Gasteiger partial charge in [0, 0.05) is 65.4 Å². The van der Waals surface area contributed by atoms with Gasteiger partial charge in [-0.2, -0.15) is 0 Å². The molecule has 7 heteroatoms. The highest BCUT2D eigenvalue weighted by Gasteiger charge is 2.22. The van der Waals surface area contributed by atoms with Crippen LogP contribution in [0.4, 0.5) is 0 Å². The van der Waals surface area contributed by atoms with E-state index in [-0.39, 0.29) is 0 Å². The van der Waals surface area contributed by atoms with Gasteiger partial charge in [0.25, 0.3) is 0 Å². The summed E-state index contributed by atoms with van der Waals surface area (Å²) >= 11 is 7.43. The summed E-state index contributed by atoms with van der Waals surface area (Å²) in [6.45, 7) is 26.8. The van der Waals surface area contributed by atoms with Crippen molar-refractivity contribution in [1.29, 1.82) is 0 Å². The number of hydrogen-bond acceptors (Lipinski definition) is 6. The Labute approximate surface area is 456 Å². The number of rotatable bonds is 4. The third kappa shape index (κ3) is 8.74. The zero-order valence-corrected chi connectivity index (χ0v) is 48.0. The van der Waals surface area contributed by atoms with Crippen molar-refractivity contribution in [3.8, 4) is 44.5 Å². The van der Waals surface area contributed by atoms with Crippen molar-refractivity contribution < 1.29 is 0 Å². The highest BCUT2D eigenvalue weighted by Crippen LogP contribution is 2.46. The van der Waals surface area contributed by atoms with Crippen molar-refractivity contribution in [2.24, 2.45) is 0 Å². The predicted octanol–water partition coefficient (Wildman–Crippen LogP) is 21.1. The fraction of sp³-hybridized carbons (Fsp3) is 0.176. The number of benzene rings is 4. The van der Waals surface area contributed by atoms with E-state index in [0.29, 0.717) is 0 Å². The Morgan fingerprint density at radius 1 is 0.253 bits per heavy atom. The lowest BCUT2D eigenvalue weighted by atomic mass is 9.93. The largest absolute Gasteiger partial charge is 0.353 e. The lowest BCUT2D eigenvalue weighted by Gasteiger charge is -2.13. The van der Waals surface area contributed by atoms with Crippen molar-refractivity contribution in [3.63, 3.8) is 0 Å². The van der Waals surface area contributed by atoms with Crippen molar-refractivity contribution in [1.82, 2.24) is 15.0 Å². The molecule has 4 aromatic carbocycles. The smallest absolute Gasteiger partial charge is 0.0872 e. The van der Waals surface area contributed by atoms with Crippen molar-refractivity contribution in [3.05, 3.63) is 199 Å². The second-order valence-corrected chi connectivity index (χ2v) is 25.3. The number of aromatic amines is 1. The van der Waals surface area contributed by atoms with E-state index in [0.717, 1.165) is 33.8 Å². The second-order valence-electron chi connectivity index (χ2n) is 21.0. The molecule has 3 nitrogen and oxygen atoms in total. The Hall–Kier alpha value is -7.00. The number of fused-ring (bicyclic) bond motifs is 17. The van der Waals surface area contributed by atoms with Gasteiger partial charge in [-0.3, -0.25) is 0 Å². The van der Waals surface area contributed by atoms with Crippen LogP contribution in [0.15, 0.2) is 109 Å². The molecule has 0 unspecified atom stereocenters. The quantitative estimate of drug-likeness (QED) is 0.191. The molecular formula is C68H59N3S4. The van der Waals surface area contributed by atoms with E-state index in [1.54, 1.807) is 0 Å². The van der Waals surface area contributed by atoms with Crippen LogP contribution in [0.25, 0.3) is 117 Å². The fourth-order valence-electron chi connectivity index (χ4n) is 12.2. The van der Waals surface area contributed by atoms with Crippen LogP contribution in [-0.4, -0.2) is 15.0 Å². The first-order chi connectivity index (χ1) is 36.1. The lowest BCUT2D eigenvalue weighted by Crippen LogP contribution is -1.94. The first-order valence-corrected chi connectivity index (χ1v) is 29.0. The minimum atomic E-state index is 0.927. The molecule has 2 aliphatic heterocycles. The number of aromatic nitrogens is 3. The molecule has 2 aliphatic rings. The monoisotopic (exact) mass is 1050 g/mol. The van der Waals surface area contributed by atoms with E-state index >= 15 is 0 Å². The summed E-state index contributed by atoms with van der Waals surface area (Å²) in [5.74, 6) is 0. The third-order valence-electron chi connectivity index (χ3n) is 14.9. The summed E-state index contributed by atoms with van der Waals surface area (Å²) in [5.41, 5.74) is 30.8. The van der Waals surface area contributed by atoms with Crippen molar-refractivity contribution in [2.45, 2.75) is 83.1 Å². The van der Waals surface area contributed by atoms with Crippen LogP contribution in [0.3, 0.4) is 0 Å². The fourth-order valence-corrected chi connectivity index (χ4v) is 16.7. The normalized spacial score (nSPS) is 12.2. The molecule has 14 bridgehead atoms. The standard InChI is InChI=1S/C68H59N3S4/c1-35-27-39(5)61(40(6)28-35)65-49-15-13-47(69-49)48-14-16-50(70-48)66(62-41(7)29-36(2)30-42(62)8)58-24-20-54(73-58)56-22-26-60(75-56)68(64-45(11)33-38(4)34-46(64)12)52-18-17-51(71-52)67(63-43(9)31-37(3)32-44(63)10)59-25-21-55(74-59)53-19-23-57(65)72-53/h13-34,69H,1-12H3. The van der Waals surface area contributed by atoms with Gasteiger partial charge in [0.2, 0.25) is 0 Å². The van der Waals surface area contributed by atoms with Crippen LogP contribution in [-0.2, 0) is 0 Å². The van der Waals surface area contributed by atoms with Gasteiger partial charge in [-0.15, -0.1) is 45.3 Å². The maximum Gasteiger partial charge on any atom is 0.0872 e. The first-order valence-electron chi connectivity index (χ1n) is 25.8. The highest BCUT2D eigenvalue weighted by atomic mass is 32.1. The molecule has 75 heavy (non-hydrogen) atoms. The first kappa shape index (κ1) is 48.9. The van der Waals surface area contributed by atoms with E-state index in [9.17, 15) is 0 Å². The SMILES string of the molecule is Cc1cc(C)c(-c2c3nc(c(-c4c(C)cc(C)cc4C)c4ccc(s4)c4ccc(s4)c(-c4c(C)cc(C)cc4C)c4ccc([nH]4)c4nc(c(-c5c(C)cc(C)cc5C)c5ccc(s5)c5ccc2s5)C=C4)C=C3)c(C)c1. The molecule has 0 spiro atoms. The van der Waals surface area contributed by atoms with Gasteiger partial charge in [0.15, 0.2) is 0 Å². The molecule has 0 amide bonds. The van der Waals surface area contributed by atoms with Crippen LogP contribution < -0.4 is 0 Å². The summed E-state index contributed by atoms with van der Waals surface area (Å²) in [5, 5.41) is 0. The number of thiophene rings is 4. The van der Waals surface area contributed by atoms with E-state index in [2.05, 4.69) is 222 Å². The Bertz CT molecular complexity index is 4350. The molecule has 0 radical (unpaired) electrons. The number of hydrogen-bond donors (Lipinski definition) is 1. The highest BCUT2D eigenvalue weighted by molar-refractivity contribution is 7.31. The summed E-state index contributed by atoms with van der Waals surface area (Å²) < 4.78 is 9.78. The topological polar surface area (TPSA) is 41.6 Å². The van der Waals surface area contributed by atoms with E-state index in [4.69, 9.17) is 9.97 Å². The zero-order valence-electron chi connectivity index (χ0n) is 44.7. The summed E-state index contributed by atoms with van der Waals surface area (Å²) in [4.78, 5) is 15.2. The molecule has 370 valence electrons. The molecule has 0 saturated heterocycles. The van der Waals surface area contributed by atoms with Gasteiger partial charge in [0.05, 0.1) is 28.3 Å². The van der Waals surface area contributed by atoms with E-state index in [1.165, 1.54) is 149 Å². The van der Waals surface area contributed by atoms with Crippen LogP contribution in [0.5, 0.6) is 0 Å². The molecule has 1 N–H and O–H groups in total. The molecule has 0 fully saturated rings. The number of nitrogens with zero attached hydrogens (tertiary/aromatic N) is 2. The average molecular weight is 1050 g/mol. The summed E-state index contributed by atoms with van der Waals surface area (Å²) in [7, 11) is 0. The van der Waals surface area contributed by atoms with Gasteiger partial charge in [-0.05, 0) is 235 Å². The van der Waals surface area contributed by atoms with Gasteiger partial charge in [-0.1, -0.05) is 70.8 Å². The van der Waals surface area contributed by atoms with E-state index in [1.807, 2.05) is 45.3 Å². The maximum atomic E-state index is 5.75. The number of aryl methyl sites for hydroxylation is 12. The Morgan fingerprint density at radius 3 is 0.813 bits per heavy atom. The molecular weight excluding hydrogens is 987 g/mol. The van der Waals surface area contributed by atoms with Crippen LogP contribution in [0.1, 0.15) is 89.5 Å². The number of nitrogens with one attached hydrogen (secondary N) is 1. The second kappa shape index (κ2) is 19.0. The van der Waals surface area contributed by atoms with Crippen LogP contribution in [0.2, 0.25) is 0 Å². The van der Waals surface area contributed by atoms with Gasteiger partial charge in [-0.25, -0.2) is 9.97 Å². The van der Waals surface area contributed by atoms with Gasteiger partial charge in [0.1, 0.15) is 0 Å². The van der Waals surface area contributed by atoms with Gasteiger partial charge < -0.3 is 4.98 Å². The zero-order chi connectivity index (χ0) is 52.1. The molecule has 0 atom stereocenters. The lowest BCUT2D eigenvalue weighted by molar-refractivity contribution is 1.28. The predicted molar refractivity (Wildman–Crippen MR) is 334 cm³/mol. The minimum Gasteiger partial charge on any atom is -0.353 e. The molecule has 12 rings (SSSR count). The van der Waals surface area contributed by atoms with Crippen LogP contribution >= 0.6 is 45.3 Å². The van der Waals surface area contributed by atoms with Crippen molar-refractivity contribution in [2.75, 3.05) is 0 Å². The minimum absolute atomic E-state index is 0.927. The molecule has 8 heterocycles. The molecule has 0 saturated carbocycles. The molecule has 6 aromatic heterocycles. The Balaban J connectivity index is 1.25. The summed E-state index contributed by atoms with van der Waals surface area (Å²) in [6, 6.07) is 41.6. The van der Waals surface area contributed by atoms with E-state index < -0.39 is 0 Å². The van der Waals surface area contributed by atoms with Gasteiger partial charge >= 0.3 is 0 Å². The Morgan fingerprint density at radius 2 is 0.493 bits per heavy atom. The molecule has 10 aromatic rings. The third-order valence-corrected chi connectivity index (χ3v) is 19.7. The van der Waals surface area contributed by atoms with Crippen molar-refractivity contribution >= 4 is 118 Å². The molecule has 0 aliphatic carbocycles. The maximum absolute atomic E-state index is 5.75. The Kier molecular flexibility index (Phi) is 12.4. The number of H-pyrrole nitrogens is 1. The summed E-state index contributed by atoms with van der Waals surface area (Å²) in [6.07, 6.45) is 8.94.